The Kier molecular flexibility index (Phi) is 7.72. The van der Waals surface area contributed by atoms with Gasteiger partial charge >= 0.3 is 0 Å². The number of nitrogens with zero attached hydrogens (tertiary/aromatic N) is 2. The third-order valence-electron chi connectivity index (χ3n) is 5.58. The van der Waals surface area contributed by atoms with E-state index in [-0.39, 0.29) is 24.8 Å². The van der Waals surface area contributed by atoms with Crippen LogP contribution < -0.4 is 0 Å². The summed E-state index contributed by atoms with van der Waals surface area (Å²) in [7, 11) is 2.29. The van der Waals surface area contributed by atoms with Gasteiger partial charge in [0.2, 0.25) is 0 Å². The van der Waals surface area contributed by atoms with Crippen molar-refractivity contribution in [3.63, 3.8) is 0 Å². The van der Waals surface area contributed by atoms with Crippen LogP contribution in [0.1, 0.15) is 17.2 Å². The van der Waals surface area contributed by atoms with Crippen LogP contribution in [0.15, 0.2) is 66.7 Å². The van der Waals surface area contributed by atoms with Crippen molar-refractivity contribution in [2.75, 3.05) is 33.2 Å². The summed E-state index contributed by atoms with van der Waals surface area (Å²) in [4.78, 5) is 5.18. The lowest BCUT2D eigenvalue weighted by molar-refractivity contribution is 0.237. The molecule has 0 aromatic heterocycles. The molecule has 2 heterocycles. The minimum absolute atomic E-state index is 0. The minimum Gasteiger partial charge on any atom is -0.299 e. The van der Waals surface area contributed by atoms with Crippen molar-refractivity contribution < 1.29 is 0 Å². The molecule has 2 saturated heterocycles. The van der Waals surface area contributed by atoms with Gasteiger partial charge < -0.3 is 0 Å². The normalized spacial score (nSPS) is 25.7. The summed E-state index contributed by atoms with van der Waals surface area (Å²) in [5, 5.41) is 0. The summed E-state index contributed by atoms with van der Waals surface area (Å²) in [6.45, 7) is 4.74. The highest BCUT2D eigenvalue weighted by Gasteiger charge is 2.45. The van der Waals surface area contributed by atoms with Crippen molar-refractivity contribution in [2.45, 2.75) is 6.04 Å². The molecule has 4 heteroatoms. The summed E-state index contributed by atoms with van der Waals surface area (Å²) in [6, 6.07) is 22.2. The number of hydrogen-bond donors (Lipinski definition) is 0. The first-order chi connectivity index (χ1) is 11.8. The van der Waals surface area contributed by atoms with Crippen molar-refractivity contribution in [1.82, 2.24) is 9.80 Å². The van der Waals surface area contributed by atoms with Crippen molar-refractivity contribution in [1.29, 1.82) is 0 Å². The third kappa shape index (κ3) is 4.50. The number of rotatable bonds is 4. The van der Waals surface area contributed by atoms with Gasteiger partial charge in [0.15, 0.2) is 0 Å². The zero-order chi connectivity index (χ0) is 16.4. The van der Waals surface area contributed by atoms with Gasteiger partial charge in [-0.15, -0.1) is 24.8 Å². The molecule has 0 amide bonds. The van der Waals surface area contributed by atoms with E-state index >= 15 is 0 Å². The maximum Gasteiger partial charge on any atom is 0.0389 e. The molecular formula is C22H28Cl2N2. The molecule has 140 valence electrons. The van der Waals surface area contributed by atoms with E-state index in [0.717, 1.165) is 18.4 Å². The SMILES string of the molecule is CN1C[C@H]2CN(CC=Cc3ccccc3)C[C@H]2[C@@H]1c1ccccc1.Cl.Cl. The first-order valence-electron chi connectivity index (χ1n) is 9.00. The number of benzene rings is 2. The Morgan fingerprint density at radius 1 is 0.885 bits per heavy atom. The summed E-state index contributed by atoms with van der Waals surface area (Å²) in [5.41, 5.74) is 2.77. The van der Waals surface area contributed by atoms with Crippen LogP contribution in [0.5, 0.6) is 0 Å². The predicted octanol–water partition coefficient (Wildman–Crippen LogP) is 4.78. The van der Waals surface area contributed by atoms with Crippen molar-refractivity contribution in [2.24, 2.45) is 11.8 Å². The Morgan fingerprint density at radius 2 is 1.54 bits per heavy atom. The smallest absolute Gasteiger partial charge is 0.0389 e. The van der Waals surface area contributed by atoms with Gasteiger partial charge in [0.1, 0.15) is 0 Å². The Morgan fingerprint density at radius 3 is 2.23 bits per heavy atom. The molecule has 0 bridgehead atoms. The van der Waals surface area contributed by atoms with Gasteiger partial charge in [-0.3, -0.25) is 9.80 Å². The topological polar surface area (TPSA) is 6.48 Å². The quantitative estimate of drug-likeness (QED) is 0.740. The first-order valence-corrected chi connectivity index (χ1v) is 9.00. The van der Waals surface area contributed by atoms with Crippen LogP contribution in [0.2, 0.25) is 0 Å². The highest BCUT2D eigenvalue weighted by atomic mass is 35.5. The van der Waals surface area contributed by atoms with E-state index in [4.69, 9.17) is 0 Å². The van der Waals surface area contributed by atoms with Crippen LogP contribution >= 0.6 is 24.8 Å². The van der Waals surface area contributed by atoms with Crippen molar-refractivity contribution in [3.8, 4) is 0 Å². The molecule has 0 saturated carbocycles. The fraction of sp³-hybridized carbons (Fsp3) is 0.364. The Bertz CT molecular complexity index is 690. The number of hydrogen-bond acceptors (Lipinski definition) is 2. The highest BCUT2D eigenvalue weighted by molar-refractivity contribution is 5.85. The van der Waals surface area contributed by atoms with Crippen LogP contribution in [0, 0.1) is 11.8 Å². The van der Waals surface area contributed by atoms with E-state index < -0.39 is 0 Å². The van der Waals surface area contributed by atoms with Crippen molar-refractivity contribution >= 4 is 30.9 Å². The fourth-order valence-electron chi connectivity index (χ4n) is 4.55. The number of likely N-dealkylation sites (tertiary alicyclic amines) is 2. The third-order valence-corrected chi connectivity index (χ3v) is 5.58. The number of fused-ring (bicyclic) bond motifs is 1. The largest absolute Gasteiger partial charge is 0.299 e. The molecule has 0 aliphatic carbocycles. The van der Waals surface area contributed by atoms with Crippen LogP contribution in [-0.2, 0) is 0 Å². The average molecular weight is 391 g/mol. The monoisotopic (exact) mass is 390 g/mol. The fourth-order valence-corrected chi connectivity index (χ4v) is 4.55. The molecule has 2 aliphatic rings. The highest BCUT2D eigenvalue weighted by Crippen LogP contribution is 2.43. The molecule has 0 radical (unpaired) electrons. The molecule has 2 nitrogen and oxygen atoms in total. The van der Waals surface area contributed by atoms with E-state index in [1.165, 1.54) is 30.8 Å². The van der Waals surface area contributed by atoms with E-state index in [1.807, 2.05) is 0 Å². The van der Waals surface area contributed by atoms with Gasteiger partial charge in [-0.25, -0.2) is 0 Å². The van der Waals surface area contributed by atoms with Crippen LogP contribution in [-0.4, -0.2) is 43.0 Å². The Labute approximate surface area is 169 Å². The summed E-state index contributed by atoms with van der Waals surface area (Å²) in [5.74, 6) is 1.58. The molecule has 0 spiro atoms. The van der Waals surface area contributed by atoms with E-state index in [2.05, 4.69) is 89.7 Å². The second kappa shape index (κ2) is 9.57. The standard InChI is InChI=1S/C22H26N2.2ClH/c1-23-15-20-16-24(14-8-11-18-9-4-2-5-10-18)17-21(20)22(23)19-12-6-3-7-13-19;;/h2-13,20-22H,14-17H2,1H3;2*1H/t20-,21+,22-;;/m0../s1. The maximum absolute atomic E-state index is 2.62. The molecule has 3 atom stereocenters. The molecule has 0 N–H and O–H groups in total. The Balaban J connectivity index is 0.00000121. The second-order valence-corrected chi connectivity index (χ2v) is 7.25. The van der Waals surface area contributed by atoms with E-state index in [0.29, 0.717) is 6.04 Å². The van der Waals surface area contributed by atoms with Crippen molar-refractivity contribution in [3.05, 3.63) is 77.9 Å². The molecule has 0 unspecified atom stereocenters. The first kappa shape index (κ1) is 21.0. The molecule has 4 rings (SSSR count). The lowest BCUT2D eigenvalue weighted by Gasteiger charge is -2.26. The average Bonchev–Trinajstić information content (AvgIpc) is 3.12. The van der Waals surface area contributed by atoms with E-state index in [1.54, 1.807) is 0 Å². The number of halogens is 2. The maximum atomic E-state index is 2.62. The van der Waals surface area contributed by atoms with Crippen LogP contribution in [0.4, 0.5) is 0 Å². The van der Waals surface area contributed by atoms with Gasteiger partial charge in [-0.2, -0.15) is 0 Å². The van der Waals surface area contributed by atoms with Gasteiger partial charge in [0.25, 0.3) is 0 Å². The summed E-state index contributed by atoms with van der Waals surface area (Å²) in [6.07, 6.45) is 4.56. The zero-order valence-electron chi connectivity index (χ0n) is 15.2. The molecular weight excluding hydrogens is 363 g/mol. The summed E-state index contributed by atoms with van der Waals surface area (Å²) < 4.78 is 0. The lowest BCUT2D eigenvalue weighted by atomic mass is 9.90. The molecule has 2 fully saturated rings. The minimum atomic E-state index is 0. The second-order valence-electron chi connectivity index (χ2n) is 7.25. The predicted molar refractivity (Wildman–Crippen MR) is 115 cm³/mol. The van der Waals surface area contributed by atoms with Crippen LogP contribution in [0.25, 0.3) is 6.08 Å². The van der Waals surface area contributed by atoms with Crippen LogP contribution in [0.3, 0.4) is 0 Å². The molecule has 2 aliphatic heterocycles. The zero-order valence-corrected chi connectivity index (χ0v) is 16.8. The van der Waals surface area contributed by atoms with Gasteiger partial charge in [-0.1, -0.05) is 72.8 Å². The Hall–Kier alpha value is -1.32. The van der Waals surface area contributed by atoms with Gasteiger partial charge in [0, 0.05) is 32.2 Å². The molecule has 2 aromatic rings. The van der Waals surface area contributed by atoms with Gasteiger partial charge in [0.05, 0.1) is 0 Å². The molecule has 26 heavy (non-hydrogen) atoms. The van der Waals surface area contributed by atoms with Gasteiger partial charge in [-0.05, 0) is 30.0 Å². The lowest BCUT2D eigenvalue weighted by Crippen LogP contribution is -2.29. The summed E-state index contributed by atoms with van der Waals surface area (Å²) >= 11 is 0. The molecule has 2 aromatic carbocycles. The van der Waals surface area contributed by atoms with E-state index in [9.17, 15) is 0 Å².